The number of nitrogens with zero attached hydrogens (tertiary/aromatic N) is 2. The number of fused-ring (bicyclic) bond motifs is 1. The molecule has 0 aliphatic carbocycles. The Balaban J connectivity index is 1.76. The zero-order chi connectivity index (χ0) is 19.6. The summed E-state index contributed by atoms with van der Waals surface area (Å²) in [7, 11) is -3.34. The van der Waals surface area contributed by atoms with Crippen LogP contribution in [0.5, 0.6) is 5.75 Å². The number of carbonyl (C=O) groups is 1. The molecule has 1 aliphatic heterocycles. The summed E-state index contributed by atoms with van der Waals surface area (Å²) in [5, 5.41) is 9.10. The molecule has 1 heterocycles. The summed E-state index contributed by atoms with van der Waals surface area (Å²) in [6, 6.07) is 11.5. The van der Waals surface area contributed by atoms with E-state index in [9.17, 15) is 13.2 Å². The first-order valence-corrected chi connectivity index (χ1v) is 10.5. The highest BCUT2D eigenvalue weighted by atomic mass is 35.5. The van der Waals surface area contributed by atoms with Crippen molar-refractivity contribution in [1.29, 1.82) is 5.26 Å². The summed E-state index contributed by atoms with van der Waals surface area (Å²) in [4.78, 5) is 12.5. The van der Waals surface area contributed by atoms with Crippen LogP contribution < -0.4 is 9.04 Å². The number of ether oxygens (including phenoxy) is 1. The maximum Gasteiger partial charge on any atom is 0.232 e. The Hall–Kier alpha value is -2.56. The molecule has 0 amide bonds. The molecule has 0 bridgehead atoms. The number of hydrogen-bond donors (Lipinski definition) is 0. The zero-order valence-electron chi connectivity index (χ0n) is 14.6. The fourth-order valence-electron chi connectivity index (χ4n) is 2.99. The van der Waals surface area contributed by atoms with Crippen LogP contribution in [0, 0.1) is 11.3 Å². The van der Waals surface area contributed by atoms with E-state index in [1.165, 1.54) is 16.6 Å². The predicted molar refractivity (Wildman–Crippen MR) is 103 cm³/mol. The zero-order valence-corrected chi connectivity index (χ0v) is 16.2. The van der Waals surface area contributed by atoms with Crippen LogP contribution in [0.25, 0.3) is 0 Å². The van der Waals surface area contributed by atoms with Crippen LogP contribution >= 0.6 is 11.6 Å². The SMILES string of the molecule is CS(=O)(=O)N1CCCc2cc(C(=O)COc3ccc(C#N)cc3Cl)ccc21. The summed E-state index contributed by atoms with van der Waals surface area (Å²) >= 11 is 6.04. The van der Waals surface area contributed by atoms with Gasteiger partial charge in [0.25, 0.3) is 0 Å². The molecule has 0 saturated carbocycles. The number of carbonyl (C=O) groups excluding carboxylic acids is 1. The van der Waals surface area contributed by atoms with Crippen molar-refractivity contribution in [2.75, 3.05) is 23.7 Å². The second-order valence-corrected chi connectivity index (χ2v) is 8.57. The minimum absolute atomic E-state index is 0.208. The van der Waals surface area contributed by atoms with Gasteiger partial charge in [0.2, 0.25) is 10.0 Å². The lowest BCUT2D eigenvalue weighted by molar-refractivity contribution is 0.0921. The van der Waals surface area contributed by atoms with Crippen molar-refractivity contribution >= 4 is 33.1 Å². The topological polar surface area (TPSA) is 87.5 Å². The van der Waals surface area contributed by atoms with Crippen molar-refractivity contribution in [3.8, 4) is 11.8 Å². The van der Waals surface area contributed by atoms with Crippen molar-refractivity contribution in [3.63, 3.8) is 0 Å². The van der Waals surface area contributed by atoms with Gasteiger partial charge in [-0.1, -0.05) is 11.6 Å². The number of Topliss-reactive ketones (excluding diaryl/α,β-unsaturated/α-hetero) is 1. The minimum Gasteiger partial charge on any atom is -0.484 e. The molecule has 0 aromatic heterocycles. The van der Waals surface area contributed by atoms with Crippen molar-refractivity contribution in [2.24, 2.45) is 0 Å². The highest BCUT2D eigenvalue weighted by molar-refractivity contribution is 7.92. The Bertz CT molecular complexity index is 1040. The third-order valence-electron chi connectivity index (χ3n) is 4.30. The van der Waals surface area contributed by atoms with Crippen LogP contribution in [0.15, 0.2) is 36.4 Å². The van der Waals surface area contributed by atoms with E-state index in [-0.39, 0.29) is 17.4 Å². The molecular weight excluding hydrogens is 388 g/mol. The van der Waals surface area contributed by atoms with Crippen LogP contribution in [0.3, 0.4) is 0 Å². The minimum atomic E-state index is -3.34. The van der Waals surface area contributed by atoms with Crippen molar-refractivity contribution in [2.45, 2.75) is 12.8 Å². The molecule has 6 nitrogen and oxygen atoms in total. The normalized spacial score (nSPS) is 13.6. The molecule has 0 radical (unpaired) electrons. The van der Waals surface area contributed by atoms with E-state index in [0.717, 1.165) is 5.56 Å². The van der Waals surface area contributed by atoms with Gasteiger partial charge in [0, 0.05) is 12.1 Å². The lowest BCUT2D eigenvalue weighted by Crippen LogP contribution is -2.34. The second kappa shape index (κ2) is 7.59. The fraction of sp³-hybridized carbons (Fsp3) is 0.263. The van der Waals surface area contributed by atoms with Crippen molar-refractivity contribution < 1.29 is 17.9 Å². The standard InChI is InChI=1S/C19H17ClN2O4S/c1-27(24,25)22-8-2-3-14-10-15(5-6-17(14)22)18(23)12-26-19-7-4-13(11-21)9-16(19)20/h4-7,9-10H,2-3,8,12H2,1H3. The van der Waals surface area contributed by atoms with Crippen LogP contribution in [0.4, 0.5) is 5.69 Å². The van der Waals surface area contributed by atoms with Gasteiger partial charge in [-0.15, -0.1) is 0 Å². The number of sulfonamides is 1. The molecule has 3 rings (SSSR count). The van der Waals surface area contributed by atoms with Crippen LogP contribution in [-0.2, 0) is 16.4 Å². The molecule has 0 spiro atoms. The monoisotopic (exact) mass is 404 g/mol. The van der Waals surface area contributed by atoms with Gasteiger partial charge in [0.1, 0.15) is 5.75 Å². The molecule has 140 valence electrons. The first-order chi connectivity index (χ1) is 12.8. The number of benzene rings is 2. The van der Waals surface area contributed by atoms with E-state index in [0.29, 0.717) is 42.0 Å². The second-order valence-electron chi connectivity index (χ2n) is 6.25. The van der Waals surface area contributed by atoms with Crippen LogP contribution in [0.2, 0.25) is 5.02 Å². The first-order valence-electron chi connectivity index (χ1n) is 8.26. The average molecular weight is 405 g/mol. The van der Waals surface area contributed by atoms with Gasteiger partial charge in [0.05, 0.1) is 28.6 Å². The highest BCUT2D eigenvalue weighted by Gasteiger charge is 2.24. The van der Waals surface area contributed by atoms with Gasteiger partial charge < -0.3 is 4.74 Å². The number of nitriles is 1. The Labute approximate surface area is 163 Å². The number of aryl methyl sites for hydroxylation is 1. The largest absolute Gasteiger partial charge is 0.484 e. The molecule has 8 heteroatoms. The smallest absolute Gasteiger partial charge is 0.232 e. The maximum atomic E-state index is 12.5. The van der Waals surface area contributed by atoms with Gasteiger partial charge in [0.15, 0.2) is 12.4 Å². The molecule has 0 unspecified atom stereocenters. The third kappa shape index (κ3) is 4.24. The summed E-state index contributed by atoms with van der Waals surface area (Å²) < 4.78 is 30.7. The van der Waals surface area contributed by atoms with Crippen LogP contribution in [-0.4, -0.2) is 33.6 Å². The fourth-order valence-corrected chi connectivity index (χ4v) is 4.23. The van der Waals surface area contributed by atoms with Crippen molar-refractivity contribution in [3.05, 3.63) is 58.1 Å². The highest BCUT2D eigenvalue weighted by Crippen LogP contribution is 2.30. The molecule has 0 saturated heterocycles. The van der Waals surface area contributed by atoms with E-state index in [2.05, 4.69) is 0 Å². The number of rotatable bonds is 5. The number of hydrogen-bond acceptors (Lipinski definition) is 5. The summed E-state index contributed by atoms with van der Waals surface area (Å²) in [5.41, 5.74) is 2.31. The Kier molecular flexibility index (Phi) is 5.40. The van der Waals surface area contributed by atoms with E-state index in [4.69, 9.17) is 21.6 Å². The molecule has 27 heavy (non-hydrogen) atoms. The average Bonchev–Trinajstić information content (AvgIpc) is 2.65. The molecule has 2 aromatic carbocycles. The molecule has 0 atom stereocenters. The molecular formula is C19H17ClN2O4S. The van der Waals surface area contributed by atoms with Gasteiger partial charge in [-0.25, -0.2) is 8.42 Å². The van der Waals surface area contributed by atoms with E-state index >= 15 is 0 Å². The van der Waals surface area contributed by atoms with Gasteiger partial charge >= 0.3 is 0 Å². The molecule has 0 N–H and O–H groups in total. The number of ketones is 1. The maximum absolute atomic E-state index is 12.5. The summed E-state index contributed by atoms with van der Waals surface area (Å²) in [6.45, 7) is 0.236. The summed E-state index contributed by atoms with van der Waals surface area (Å²) in [6.07, 6.45) is 2.59. The van der Waals surface area contributed by atoms with Gasteiger partial charge in [-0.2, -0.15) is 5.26 Å². The Morgan fingerprint density at radius 2 is 2.07 bits per heavy atom. The predicted octanol–water partition coefficient (Wildman–Crippen LogP) is 3.19. The van der Waals surface area contributed by atoms with Gasteiger partial charge in [-0.05, 0) is 54.8 Å². The summed E-state index contributed by atoms with van der Waals surface area (Å²) in [5.74, 6) is 0.0833. The lowest BCUT2D eigenvalue weighted by Gasteiger charge is -2.29. The molecule has 2 aromatic rings. The lowest BCUT2D eigenvalue weighted by atomic mass is 9.99. The first kappa shape index (κ1) is 19.2. The molecule has 1 aliphatic rings. The van der Waals surface area contributed by atoms with Crippen molar-refractivity contribution in [1.82, 2.24) is 0 Å². The number of anilines is 1. The third-order valence-corrected chi connectivity index (χ3v) is 5.77. The van der Waals surface area contributed by atoms with E-state index < -0.39 is 10.0 Å². The van der Waals surface area contributed by atoms with Crippen LogP contribution in [0.1, 0.15) is 27.9 Å². The Morgan fingerprint density at radius 1 is 1.30 bits per heavy atom. The Morgan fingerprint density at radius 3 is 2.74 bits per heavy atom. The van der Waals surface area contributed by atoms with Gasteiger partial charge in [-0.3, -0.25) is 9.10 Å². The molecule has 0 fully saturated rings. The van der Waals surface area contributed by atoms with E-state index in [1.807, 2.05) is 6.07 Å². The quantitative estimate of drug-likeness (QED) is 0.714. The number of halogens is 1. The van der Waals surface area contributed by atoms with E-state index in [1.54, 1.807) is 30.3 Å².